The van der Waals surface area contributed by atoms with Crippen molar-refractivity contribution in [1.29, 1.82) is 0 Å². The van der Waals surface area contributed by atoms with Crippen LogP contribution in [-0.4, -0.2) is 24.1 Å². The van der Waals surface area contributed by atoms with Crippen LogP contribution in [0, 0.1) is 0 Å². The van der Waals surface area contributed by atoms with E-state index in [2.05, 4.69) is 15.0 Å². The quantitative estimate of drug-likeness (QED) is 0.416. The summed E-state index contributed by atoms with van der Waals surface area (Å²) in [6.45, 7) is 0. The predicted molar refractivity (Wildman–Crippen MR) is 46.1 cm³/mol. The van der Waals surface area contributed by atoms with Gasteiger partial charge in [-0.25, -0.2) is 4.98 Å². The van der Waals surface area contributed by atoms with E-state index in [4.69, 9.17) is 5.73 Å². The molecule has 0 amide bonds. The highest BCUT2D eigenvalue weighted by Gasteiger charge is 2.06. The molecule has 1 aromatic rings. The second kappa shape index (κ2) is 3.82. The molecule has 0 radical (unpaired) electrons. The van der Waals surface area contributed by atoms with E-state index in [0.717, 1.165) is 0 Å². The molecule has 0 atom stereocenters. The van der Waals surface area contributed by atoms with Crippen molar-refractivity contribution in [3.63, 3.8) is 0 Å². The number of carbonyl (C=O) groups excluding carboxylic acids is 1. The fourth-order valence-corrected chi connectivity index (χ4v) is 1.19. The van der Waals surface area contributed by atoms with Crippen LogP contribution in [0.25, 0.3) is 0 Å². The van der Waals surface area contributed by atoms with Crippen molar-refractivity contribution < 1.29 is 9.63 Å². The minimum absolute atomic E-state index is 0.144. The molecule has 0 unspecified atom stereocenters. The van der Waals surface area contributed by atoms with Crippen molar-refractivity contribution in [2.45, 2.75) is 0 Å². The average Bonchev–Trinajstić information content (AvgIpc) is 2.47. The lowest BCUT2D eigenvalue weighted by molar-refractivity contribution is -0.102. The second-order valence-electron chi connectivity index (χ2n) is 1.85. The van der Waals surface area contributed by atoms with Gasteiger partial charge in [-0.05, 0) is 0 Å². The fraction of sp³-hybridized carbons (Fsp3) is 0.167. The summed E-state index contributed by atoms with van der Waals surface area (Å²) < 4.78 is 0. The number of nitrogens with two attached hydrogens (primary N) is 1. The molecule has 1 aromatic heterocycles. The smallest absolute Gasteiger partial charge is 0.180 e. The van der Waals surface area contributed by atoms with Crippen molar-refractivity contribution >= 4 is 28.5 Å². The van der Waals surface area contributed by atoms with Gasteiger partial charge in [0, 0.05) is 5.38 Å². The molecular weight excluding hydrogens is 178 g/mol. The number of aldehydes is 1. The van der Waals surface area contributed by atoms with E-state index in [-0.39, 0.29) is 5.71 Å². The third kappa shape index (κ3) is 1.79. The Kier molecular flexibility index (Phi) is 2.76. The van der Waals surface area contributed by atoms with Crippen molar-refractivity contribution in [2.24, 2.45) is 5.16 Å². The van der Waals surface area contributed by atoms with Crippen molar-refractivity contribution in [1.82, 2.24) is 4.98 Å². The molecule has 0 spiro atoms. The summed E-state index contributed by atoms with van der Waals surface area (Å²) in [6, 6.07) is 0. The monoisotopic (exact) mass is 185 g/mol. The van der Waals surface area contributed by atoms with Gasteiger partial charge >= 0.3 is 0 Å². The Morgan fingerprint density at radius 3 is 3.08 bits per heavy atom. The lowest BCUT2D eigenvalue weighted by Crippen LogP contribution is -2.03. The summed E-state index contributed by atoms with van der Waals surface area (Å²) in [6.07, 6.45) is 0.567. The molecule has 6 heteroatoms. The van der Waals surface area contributed by atoms with Crippen LogP contribution in [0.3, 0.4) is 0 Å². The Bertz CT molecular complexity index is 307. The van der Waals surface area contributed by atoms with Gasteiger partial charge in [0.25, 0.3) is 0 Å². The first kappa shape index (κ1) is 8.66. The normalized spacial score (nSPS) is 11.2. The van der Waals surface area contributed by atoms with Gasteiger partial charge in [0.1, 0.15) is 12.8 Å². The molecule has 1 heterocycles. The molecule has 5 nitrogen and oxygen atoms in total. The largest absolute Gasteiger partial charge is 0.398 e. The predicted octanol–water partition coefficient (Wildman–Crippen LogP) is 0.275. The third-order valence-corrected chi connectivity index (χ3v) is 1.76. The molecule has 0 aromatic carbocycles. The average molecular weight is 185 g/mol. The zero-order valence-electron chi connectivity index (χ0n) is 6.35. The number of anilines is 1. The molecular formula is C6H7N3O2S. The highest BCUT2D eigenvalue weighted by Crippen LogP contribution is 2.11. The SMILES string of the molecule is CON=C(C=O)c1csc(N)n1. The Balaban J connectivity index is 2.94. The molecule has 2 N–H and O–H groups in total. The molecule has 0 saturated heterocycles. The Labute approximate surface area is 72.9 Å². The van der Waals surface area contributed by atoms with E-state index in [0.29, 0.717) is 17.1 Å². The number of hydrogen-bond acceptors (Lipinski definition) is 6. The first-order chi connectivity index (χ1) is 5.77. The molecule has 1 rings (SSSR count). The first-order valence-corrected chi connectivity index (χ1v) is 3.93. The molecule has 0 aliphatic heterocycles. The molecule has 0 aliphatic carbocycles. The van der Waals surface area contributed by atoms with E-state index in [1.54, 1.807) is 5.38 Å². The lowest BCUT2D eigenvalue weighted by atomic mass is 10.3. The topological polar surface area (TPSA) is 77.6 Å². The summed E-state index contributed by atoms with van der Waals surface area (Å²) in [5.41, 5.74) is 5.95. The number of carbonyl (C=O) groups is 1. The van der Waals surface area contributed by atoms with Gasteiger partial charge in [0.15, 0.2) is 17.1 Å². The zero-order chi connectivity index (χ0) is 8.97. The summed E-state index contributed by atoms with van der Waals surface area (Å²) >= 11 is 1.25. The van der Waals surface area contributed by atoms with Gasteiger partial charge in [0.05, 0.1) is 0 Å². The molecule has 12 heavy (non-hydrogen) atoms. The number of oxime groups is 1. The van der Waals surface area contributed by atoms with E-state index in [9.17, 15) is 4.79 Å². The maximum Gasteiger partial charge on any atom is 0.180 e. The van der Waals surface area contributed by atoms with Gasteiger partial charge in [-0.15, -0.1) is 11.3 Å². The number of nitrogens with zero attached hydrogens (tertiary/aromatic N) is 2. The molecule has 0 fully saturated rings. The van der Waals surface area contributed by atoms with E-state index in [1.165, 1.54) is 18.4 Å². The Morgan fingerprint density at radius 2 is 2.67 bits per heavy atom. The van der Waals surface area contributed by atoms with Gasteiger partial charge in [-0.3, -0.25) is 4.79 Å². The lowest BCUT2D eigenvalue weighted by Gasteiger charge is -1.90. The number of hydrogen-bond donors (Lipinski definition) is 1. The Morgan fingerprint density at radius 1 is 1.92 bits per heavy atom. The number of thiazole rings is 1. The third-order valence-electron chi connectivity index (χ3n) is 1.09. The standard InChI is InChI=1S/C6H7N3O2S/c1-11-9-4(2-10)5-3-12-6(7)8-5/h2-3H,1H3,(H2,7,8). The number of nitrogen functional groups attached to an aromatic ring is 1. The van der Waals surface area contributed by atoms with Crippen LogP contribution in [0.15, 0.2) is 10.5 Å². The minimum Gasteiger partial charge on any atom is -0.398 e. The summed E-state index contributed by atoms with van der Waals surface area (Å²) in [5, 5.41) is 5.50. The first-order valence-electron chi connectivity index (χ1n) is 3.05. The molecule has 0 aliphatic rings. The fourth-order valence-electron chi connectivity index (χ4n) is 0.632. The Hall–Kier alpha value is -1.43. The van der Waals surface area contributed by atoms with Crippen molar-refractivity contribution in [2.75, 3.05) is 12.8 Å². The van der Waals surface area contributed by atoms with E-state index >= 15 is 0 Å². The van der Waals surface area contributed by atoms with E-state index < -0.39 is 0 Å². The van der Waals surface area contributed by atoms with Crippen LogP contribution in [-0.2, 0) is 9.63 Å². The van der Waals surface area contributed by atoms with E-state index in [1.807, 2.05) is 0 Å². The molecule has 64 valence electrons. The second-order valence-corrected chi connectivity index (χ2v) is 2.74. The number of rotatable bonds is 3. The van der Waals surface area contributed by atoms with Crippen LogP contribution in [0.1, 0.15) is 5.69 Å². The zero-order valence-corrected chi connectivity index (χ0v) is 7.17. The van der Waals surface area contributed by atoms with Crippen LogP contribution in [0.4, 0.5) is 5.13 Å². The maximum atomic E-state index is 10.4. The highest BCUT2D eigenvalue weighted by atomic mass is 32.1. The molecule has 0 bridgehead atoms. The van der Waals surface area contributed by atoms with Gasteiger partial charge in [0.2, 0.25) is 0 Å². The summed E-state index contributed by atoms with van der Waals surface area (Å²) in [5.74, 6) is 0. The minimum atomic E-state index is 0.144. The summed E-state index contributed by atoms with van der Waals surface area (Å²) in [4.78, 5) is 18.7. The van der Waals surface area contributed by atoms with Crippen molar-refractivity contribution in [3.8, 4) is 0 Å². The van der Waals surface area contributed by atoms with Crippen LogP contribution in [0.2, 0.25) is 0 Å². The van der Waals surface area contributed by atoms with Crippen molar-refractivity contribution in [3.05, 3.63) is 11.1 Å². The molecule has 0 saturated carbocycles. The van der Waals surface area contributed by atoms with Crippen LogP contribution in [0.5, 0.6) is 0 Å². The van der Waals surface area contributed by atoms with Crippen LogP contribution >= 0.6 is 11.3 Å². The van der Waals surface area contributed by atoms with Gasteiger partial charge < -0.3 is 10.6 Å². The maximum absolute atomic E-state index is 10.4. The van der Waals surface area contributed by atoms with Gasteiger partial charge in [-0.1, -0.05) is 5.16 Å². The number of aromatic nitrogens is 1. The highest BCUT2D eigenvalue weighted by molar-refractivity contribution is 7.13. The van der Waals surface area contributed by atoms with Gasteiger partial charge in [-0.2, -0.15) is 0 Å². The summed E-state index contributed by atoms with van der Waals surface area (Å²) in [7, 11) is 1.36. The van der Waals surface area contributed by atoms with Crippen LogP contribution < -0.4 is 5.73 Å².